The Morgan fingerprint density at radius 1 is 0.250 bits per heavy atom. The Labute approximate surface area is 54.9 Å². The molecule has 0 amide bonds. The van der Waals surface area contributed by atoms with Crippen molar-refractivity contribution in [3.05, 3.63) is 0 Å². The van der Waals surface area contributed by atoms with Crippen molar-refractivity contribution in [2.75, 3.05) is 0 Å². The maximum Gasteiger partial charge on any atom is 0 e. The zero-order valence-electron chi connectivity index (χ0n) is 3.27. The van der Waals surface area contributed by atoms with Gasteiger partial charge in [0.2, 0.25) is 0 Å². The summed E-state index contributed by atoms with van der Waals surface area (Å²) in [6, 6.07) is 0. The number of halogens is 7. The van der Waals surface area contributed by atoms with Gasteiger partial charge >= 0.3 is 0 Å². The molecule has 62 valence electrons. The normalized spacial score (nSPS) is 0. The number of hydrogen-bond acceptors (Lipinski definition) is 0. The maximum absolute atomic E-state index is 0. The minimum Gasteiger partial charge on any atom is -0.269 e. The Morgan fingerprint density at radius 3 is 0.250 bits per heavy atom. The van der Waals surface area contributed by atoms with Crippen LogP contribution in [0.5, 0.6) is 0 Å². The standard InChI is InChI=1S/7FH.W/h7*1H;. The summed E-state index contributed by atoms with van der Waals surface area (Å²) < 4.78 is 0. The van der Waals surface area contributed by atoms with Gasteiger partial charge in [-0.05, 0) is 0 Å². The van der Waals surface area contributed by atoms with Gasteiger partial charge in [0.1, 0.15) is 0 Å². The fourth-order valence-electron chi connectivity index (χ4n) is 0. The summed E-state index contributed by atoms with van der Waals surface area (Å²) in [6.07, 6.45) is 0. The fraction of sp³-hybridized carbons (Fsp3) is 0. The van der Waals surface area contributed by atoms with Crippen molar-refractivity contribution in [2.45, 2.75) is 0 Å². The van der Waals surface area contributed by atoms with Crippen molar-refractivity contribution in [1.82, 2.24) is 0 Å². The summed E-state index contributed by atoms with van der Waals surface area (Å²) in [5.74, 6) is 0. The Kier molecular flexibility index (Phi) is 9490000. The second kappa shape index (κ2) is 7030. The van der Waals surface area contributed by atoms with Crippen LogP contribution in [0.25, 0.3) is 0 Å². The van der Waals surface area contributed by atoms with E-state index in [1.54, 1.807) is 0 Å². The second-order valence-corrected chi connectivity index (χ2v) is 0. The van der Waals surface area contributed by atoms with E-state index in [-0.39, 0.29) is 54.0 Å². The predicted octanol–water partition coefficient (Wildman–Crippen LogP) is 1.06. The van der Waals surface area contributed by atoms with Gasteiger partial charge in [-0.2, -0.15) is 0 Å². The van der Waals surface area contributed by atoms with Gasteiger partial charge in [0.25, 0.3) is 0 Å². The molecule has 8 heteroatoms. The number of hydrogen-bond donors (Lipinski definition) is 0. The first kappa shape index (κ1) is 10800. The van der Waals surface area contributed by atoms with Gasteiger partial charge < -0.3 is 0 Å². The topological polar surface area (TPSA) is 0 Å². The van der Waals surface area contributed by atoms with Gasteiger partial charge in [-0.25, -0.2) is 0 Å². The van der Waals surface area contributed by atoms with Crippen LogP contribution in [0.3, 0.4) is 0 Å². The molecule has 0 saturated carbocycles. The largest absolute Gasteiger partial charge is 0.269 e. The van der Waals surface area contributed by atoms with Crippen molar-refractivity contribution < 1.29 is 54.0 Å². The summed E-state index contributed by atoms with van der Waals surface area (Å²) in [5.41, 5.74) is 0. The van der Waals surface area contributed by atoms with Gasteiger partial charge in [-0.1, -0.05) is 0 Å². The smallest absolute Gasteiger partial charge is 0 e. The molecular weight excluding hydrogens is 317 g/mol. The summed E-state index contributed by atoms with van der Waals surface area (Å²) in [4.78, 5) is 0. The summed E-state index contributed by atoms with van der Waals surface area (Å²) in [7, 11) is 0. The van der Waals surface area contributed by atoms with E-state index < -0.39 is 0 Å². The van der Waals surface area contributed by atoms with Crippen LogP contribution >= 0.6 is 0 Å². The third-order valence-electron chi connectivity index (χ3n) is 0. The summed E-state index contributed by atoms with van der Waals surface area (Å²) in [6.45, 7) is 0. The van der Waals surface area contributed by atoms with Crippen LogP contribution < -0.4 is 0 Å². The van der Waals surface area contributed by atoms with Gasteiger partial charge in [0.15, 0.2) is 0 Å². The minimum atomic E-state index is 0. The van der Waals surface area contributed by atoms with Gasteiger partial charge in [-0.3, -0.25) is 32.9 Å². The molecule has 0 N–H and O–H groups in total. The van der Waals surface area contributed by atoms with E-state index in [1.807, 2.05) is 0 Å². The maximum atomic E-state index is 0. The molecule has 0 aliphatic heterocycles. The average molecular weight is 324 g/mol. The molecular formula is H7F7W. The Balaban J connectivity index is 0. The Morgan fingerprint density at radius 2 is 0.250 bits per heavy atom. The van der Waals surface area contributed by atoms with Crippen molar-refractivity contribution in [1.29, 1.82) is 0 Å². The quantitative estimate of drug-likeness (QED) is 0.585. The van der Waals surface area contributed by atoms with E-state index in [0.29, 0.717) is 0 Å². The first-order valence-electron chi connectivity index (χ1n) is 0. The van der Waals surface area contributed by atoms with E-state index in [0.717, 1.165) is 0 Å². The van der Waals surface area contributed by atoms with E-state index in [2.05, 4.69) is 0 Å². The van der Waals surface area contributed by atoms with Crippen molar-refractivity contribution in [2.24, 2.45) is 0 Å². The molecule has 0 spiro atoms. The molecule has 0 aliphatic carbocycles. The third-order valence-corrected chi connectivity index (χ3v) is 0. The summed E-state index contributed by atoms with van der Waals surface area (Å²) in [5, 5.41) is 0. The molecule has 0 heterocycles. The van der Waals surface area contributed by atoms with E-state index in [9.17, 15) is 0 Å². The van der Waals surface area contributed by atoms with E-state index in [1.165, 1.54) is 0 Å². The molecule has 0 aliphatic rings. The molecule has 0 unspecified atom stereocenters. The van der Waals surface area contributed by atoms with Crippen LogP contribution in [0.2, 0.25) is 0 Å². The van der Waals surface area contributed by atoms with Crippen LogP contribution in [-0.2, 0) is 21.1 Å². The zero-order valence-corrected chi connectivity index (χ0v) is 6.20. The summed E-state index contributed by atoms with van der Waals surface area (Å²) >= 11 is 0. The first-order chi connectivity index (χ1) is 0. The van der Waals surface area contributed by atoms with Crippen LogP contribution in [0.1, 0.15) is 0 Å². The molecule has 8 heavy (non-hydrogen) atoms. The van der Waals surface area contributed by atoms with E-state index in [4.69, 9.17) is 0 Å². The molecule has 0 saturated heterocycles. The average Bonchev–Trinajstić information content (AvgIpc) is 0. The predicted molar refractivity (Wildman–Crippen MR) is 17.5 cm³/mol. The molecule has 0 nitrogen and oxygen atoms in total. The van der Waals surface area contributed by atoms with Gasteiger partial charge in [0, 0.05) is 21.1 Å². The molecule has 0 bridgehead atoms. The molecule has 0 rings (SSSR count). The van der Waals surface area contributed by atoms with Crippen molar-refractivity contribution >= 4 is 0 Å². The molecule has 0 aromatic rings. The van der Waals surface area contributed by atoms with Crippen LogP contribution in [-0.4, -0.2) is 0 Å². The third kappa shape index (κ3) is 4260. The Bertz CT molecular complexity index is 4.35. The van der Waals surface area contributed by atoms with Crippen molar-refractivity contribution in [3.63, 3.8) is 0 Å². The number of rotatable bonds is 0. The van der Waals surface area contributed by atoms with Crippen LogP contribution in [0.4, 0.5) is 32.9 Å². The molecule has 0 radical (unpaired) electrons. The van der Waals surface area contributed by atoms with Crippen LogP contribution in [0.15, 0.2) is 0 Å². The molecule has 0 atom stereocenters. The van der Waals surface area contributed by atoms with Crippen molar-refractivity contribution in [3.8, 4) is 0 Å². The Hall–Kier alpha value is 0.198. The van der Waals surface area contributed by atoms with Crippen LogP contribution in [0, 0.1) is 0 Å². The molecule has 0 aromatic carbocycles. The monoisotopic (exact) mass is 324 g/mol. The SMILES string of the molecule is F.F.F.F.F.F.F.[W]. The zero-order chi connectivity index (χ0) is 0. The minimum absolute atomic E-state index is 0. The molecule has 0 fully saturated rings. The van der Waals surface area contributed by atoms with E-state index >= 15 is 0 Å². The second-order valence-electron chi connectivity index (χ2n) is 0. The first-order valence-corrected chi connectivity index (χ1v) is 0. The molecule has 0 aromatic heterocycles. The fourth-order valence-corrected chi connectivity index (χ4v) is 0. The van der Waals surface area contributed by atoms with Gasteiger partial charge in [0.05, 0.1) is 0 Å². The van der Waals surface area contributed by atoms with Gasteiger partial charge in [-0.15, -0.1) is 0 Å².